The predicted octanol–water partition coefficient (Wildman–Crippen LogP) is 2.60. The minimum absolute atomic E-state index is 0.141. The molecule has 1 amide bonds. The van der Waals surface area contributed by atoms with Crippen molar-refractivity contribution in [2.75, 3.05) is 18.9 Å². The third kappa shape index (κ3) is 3.77. The van der Waals surface area contributed by atoms with Crippen LogP contribution in [0, 0.1) is 5.92 Å². The summed E-state index contributed by atoms with van der Waals surface area (Å²) in [5, 5.41) is 17.3. The number of anilines is 1. The summed E-state index contributed by atoms with van der Waals surface area (Å²) in [6.07, 6.45) is -4.95. The van der Waals surface area contributed by atoms with Crippen LogP contribution in [0.2, 0.25) is 0 Å². The Balaban J connectivity index is 1.91. The lowest BCUT2D eigenvalue weighted by Crippen LogP contribution is -2.36. The van der Waals surface area contributed by atoms with E-state index in [1.54, 1.807) is 24.1 Å². The van der Waals surface area contributed by atoms with Crippen LogP contribution in [0.5, 0.6) is 0 Å². The summed E-state index contributed by atoms with van der Waals surface area (Å²) >= 11 is 0. The van der Waals surface area contributed by atoms with E-state index in [4.69, 9.17) is 0 Å². The molecule has 28 heavy (non-hydrogen) atoms. The Morgan fingerprint density at radius 3 is 2.61 bits per heavy atom. The number of hydrogen-bond acceptors (Lipinski definition) is 4. The third-order valence-corrected chi connectivity index (χ3v) is 5.22. The molecule has 152 valence electrons. The Morgan fingerprint density at radius 1 is 1.32 bits per heavy atom. The fourth-order valence-electron chi connectivity index (χ4n) is 3.71. The number of likely N-dealkylation sites (tertiary alicyclic amines) is 1. The van der Waals surface area contributed by atoms with Gasteiger partial charge in [-0.15, -0.1) is 0 Å². The van der Waals surface area contributed by atoms with Crippen molar-refractivity contribution in [3.05, 3.63) is 47.3 Å². The van der Waals surface area contributed by atoms with Gasteiger partial charge in [-0.3, -0.25) is 14.4 Å². The van der Waals surface area contributed by atoms with Crippen molar-refractivity contribution < 1.29 is 23.1 Å². The van der Waals surface area contributed by atoms with Gasteiger partial charge in [0.2, 0.25) is 5.91 Å². The SMILES string of the molecule is CCc1ccccc1NC(=O)[C@H]1C(O)N(C)C[C@@H]1c1cc(C(F)(F)F)n(C)n1. The van der Waals surface area contributed by atoms with E-state index in [0.717, 1.165) is 16.3 Å². The summed E-state index contributed by atoms with van der Waals surface area (Å²) < 4.78 is 40.2. The molecule has 1 aromatic carbocycles. The van der Waals surface area contributed by atoms with Gasteiger partial charge in [0.25, 0.3) is 0 Å². The first-order chi connectivity index (χ1) is 13.1. The molecule has 0 aliphatic carbocycles. The lowest BCUT2D eigenvalue weighted by molar-refractivity contribution is -0.143. The van der Waals surface area contributed by atoms with Crippen molar-refractivity contribution in [3.8, 4) is 0 Å². The lowest BCUT2D eigenvalue weighted by atomic mass is 9.90. The van der Waals surface area contributed by atoms with E-state index in [0.29, 0.717) is 12.1 Å². The summed E-state index contributed by atoms with van der Waals surface area (Å²) in [7, 11) is 2.84. The van der Waals surface area contributed by atoms with Crippen LogP contribution < -0.4 is 5.32 Å². The molecule has 2 heterocycles. The van der Waals surface area contributed by atoms with E-state index in [1.807, 2.05) is 19.1 Å². The number of hydrogen-bond donors (Lipinski definition) is 2. The Labute approximate surface area is 161 Å². The van der Waals surface area contributed by atoms with E-state index in [9.17, 15) is 23.1 Å². The highest BCUT2D eigenvalue weighted by molar-refractivity contribution is 5.94. The van der Waals surface area contributed by atoms with Crippen LogP contribution in [0.1, 0.15) is 29.8 Å². The summed E-state index contributed by atoms with van der Waals surface area (Å²) in [6.45, 7) is 2.18. The molecule has 2 aromatic rings. The minimum atomic E-state index is -4.54. The Kier molecular flexibility index (Phi) is 5.49. The molecule has 1 unspecified atom stereocenters. The van der Waals surface area contributed by atoms with Gasteiger partial charge in [0, 0.05) is 25.2 Å². The number of alkyl halides is 3. The second-order valence-electron chi connectivity index (χ2n) is 7.06. The van der Waals surface area contributed by atoms with Gasteiger partial charge in [-0.05, 0) is 31.2 Å². The molecule has 3 rings (SSSR count). The van der Waals surface area contributed by atoms with E-state index in [-0.39, 0.29) is 12.2 Å². The Morgan fingerprint density at radius 2 is 2.00 bits per heavy atom. The number of nitrogens with zero attached hydrogens (tertiary/aromatic N) is 3. The number of aliphatic hydroxyl groups is 1. The van der Waals surface area contributed by atoms with Crippen LogP contribution in [-0.2, 0) is 24.4 Å². The van der Waals surface area contributed by atoms with Crippen LogP contribution in [0.25, 0.3) is 0 Å². The number of likely N-dealkylation sites (N-methyl/N-ethyl adjacent to an activating group) is 1. The number of nitrogens with one attached hydrogen (secondary N) is 1. The summed E-state index contributed by atoms with van der Waals surface area (Å²) in [5.74, 6) is -2.04. The van der Waals surface area contributed by atoms with Crippen molar-refractivity contribution >= 4 is 11.6 Å². The van der Waals surface area contributed by atoms with Crippen molar-refractivity contribution in [2.45, 2.75) is 31.7 Å². The van der Waals surface area contributed by atoms with Crippen LogP contribution in [-0.4, -0.2) is 45.5 Å². The number of carbonyl (C=O) groups excluding carboxylic acids is 1. The average molecular weight is 396 g/mol. The topological polar surface area (TPSA) is 70.4 Å². The Bertz CT molecular complexity index is 865. The number of para-hydroxylation sites is 1. The molecule has 1 aromatic heterocycles. The highest BCUT2D eigenvalue weighted by atomic mass is 19.4. The lowest BCUT2D eigenvalue weighted by Gasteiger charge is -2.21. The highest BCUT2D eigenvalue weighted by Gasteiger charge is 2.46. The number of aromatic nitrogens is 2. The van der Waals surface area contributed by atoms with Crippen molar-refractivity contribution in [2.24, 2.45) is 13.0 Å². The van der Waals surface area contributed by atoms with Crippen molar-refractivity contribution in [1.29, 1.82) is 0 Å². The molecule has 9 heteroatoms. The van der Waals surface area contributed by atoms with E-state index in [1.165, 1.54) is 7.05 Å². The van der Waals surface area contributed by atoms with Gasteiger partial charge in [-0.2, -0.15) is 18.3 Å². The van der Waals surface area contributed by atoms with Gasteiger partial charge in [-0.1, -0.05) is 25.1 Å². The van der Waals surface area contributed by atoms with Crippen LogP contribution in [0.3, 0.4) is 0 Å². The fourth-order valence-corrected chi connectivity index (χ4v) is 3.71. The Hall–Kier alpha value is -2.39. The summed E-state index contributed by atoms with van der Waals surface area (Å²) in [6, 6.07) is 8.26. The molecule has 6 nitrogen and oxygen atoms in total. The maximum absolute atomic E-state index is 13.1. The van der Waals surface area contributed by atoms with Crippen molar-refractivity contribution in [3.63, 3.8) is 0 Å². The van der Waals surface area contributed by atoms with Crippen LogP contribution in [0.15, 0.2) is 30.3 Å². The number of halogens is 3. The molecule has 1 aliphatic rings. The van der Waals surface area contributed by atoms with Crippen LogP contribution in [0.4, 0.5) is 18.9 Å². The molecule has 3 atom stereocenters. The maximum Gasteiger partial charge on any atom is 0.433 e. The molecular formula is C19H23F3N4O2. The number of aryl methyl sites for hydroxylation is 2. The maximum atomic E-state index is 13.1. The molecule has 1 aliphatic heterocycles. The monoisotopic (exact) mass is 396 g/mol. The first-order valence-corrected chi connectivity index (χ1v) is 9.01. The first-order valence-electron chi connectivity index (χ1n) is 9.01. The standard InChI is InChI=1S/C19H23F3N4O2/c1-4-11-7-5-6-8-13(11)23-17(27)16-12(10-25(2)18(16)28)14-9-15(19(20,21)22)26(3)24-14/h5-9,12,16,18,28H,4,10H2,1-3H3,(H,23,27)/t12-,16+,18?/m1/s1. The average Bonchev–Trinajstić information content (AvgIpc) is 3.15. The first kappa shape index (κ1) is 20.3. The zero-order valence-corrected chi connectivity index (χ0v) is 15.9. The van der Waals surface area contributed by atoms with Gasteiger partial charge in [0.15, 0.2) is 0 Å². The number of benzene rings is 1. The molecule has 0 spiro atoms. The quantitative estimate of drug-likeness (QED) is 0.834. The molecular weight excluding hydrogens is 373 g/mol. The van der Waals surface area contributed by atoms with E-state index < -0.39 is 35.8 Å². The minimum Gasteiger partial charge on any atom is -0.378 e. The highest BCUT2D eigenvalue weighted by Crippen LogP contribution is 2.38. The molecule has 1 fully saturated rings. The van der Waals surface area contributed by atoms with E-state index in [2.05, 4.69) is 10.4 Å². The zero-order valence-electron chi connectivity index (χ0n) is 15.9. The van der Waals surface area contributed by atoms with Gasteiger partial charge in [0.1, 0.15) is 11.9 Å². The molecule has 0 radical (unpaired) electrons. The van der Waals surface area contributed by atoms with Crippen molar-refractivity contribution in [1.82, 2.24) is 14.7 Å². The number of aliphatic hydroxyl groups excluding tert-OH is 1. The predicted molar refractivity (Wildman–Crippen MR) is 97.5 cm³/mol. The van der Waals surface area contributed by atoms with Crippen LogP contribution >= 0.6 is 0 Å². The smallest absolute Gasteiger partial charge is 0.378 e. The van der Waals surface area contributed by atoms with Gasteiger partial charge < -0.3 is 10.4 Å². The summed E-state index contributed by atoms with van der Waals surface area (Å²) in [5.41, 5.74) is 0.821. The van der Waals surface area contributed by atoms with Gasteiger partial charge in [-0.25, -0.2) is 0 Å². The number of rotatable bonds is 4. The second-order valence-corrected chi connectivity index (χ2v) is 7.06. The third-order valence-electron chi connectivity index (χ3n) is 5.22. The number of carbonyl (C=O) groups is 1. The van der Waals surface area contributed by atoms with E-state index >= 15 is 0 Å². The molecule has 1 saturated heterocycles. The molecule has 2 N–H and O–H groups in total. The van der Waals surface area contributed by atoms with Gasteiger partial charge >= 0.3 is 6.18 Å². The normalized spacial score (nSPS) is 23.2. The molecule has 0 saturated carbocycles. The molecule has 0 bridgehead atoms. The second kappa shape index (κ2) is 7.56. The largest absolute Gasteiger partial charge is 0.433 e. The fraction of sp³-hybridized carbons (Fsp3) is 0.474. The zero-order chi connectivity index (χ0) is 20.6. The summed E-state index contributed by atoms with van der Waals surface area (Å²) in [4.78, 5) is 14.5. The number of amides is 1. The van der Waals surface area contributed by atoms with Gasteiger partial charge in [0.05, 0.1) is 11.6 Å².